The van der Waals surface area contributed by atoms with Crippen LogP contribution in [0.4, 0.5) is 0 Å². The van der Waals surface area contributed by atoms with Crippen LogP contribution in [0.5, 0.6) is 0 Å². The van der Waals surface area contributed by atoms with E-state index in [1.807, 2.05) is 20.8 Å². The average Bonchev–Trinajstić information content (AvgIpc) is 2.27. The highest BCUT2D eigenvalue weighted by Gasteiger charge is 2.31. The molecule has 1 heterocycles. The molecular formula is C12H21NO5. The summed E-state index contributed by atoms with van der Waals surface area (Å²) in [6.45, 7) is 6.76. The lowest BCUT2D eigenvalue weighted by Crippen LogP contribution is -2.51. The van der Waals surface area contributed by atoms with Gasteiger partial charge in [0, 0.05) is 6.04 Å². The molecule has 2 N–H and O–H groups in total. The van der Waals surface area contributed by atoms with Gasteiger partial charge in [-0.25, -0.2) is 0 Å². The Hall–Kier alpha value is -1.14. The SMILES string of the molecule is CC(C)(C)C(CC(=O)O)NC(=O)C1COCCO1. The highest BCUT2D eigenvalue weighted by atomic mass is 16.6. The first-order valence-corrected chi connectivity index (χ1v) is 6.02. The van der Waals surface area contributed by atoms with Crippen LogP contribution in [0.15, 0.2) is 0 Å². The molecule has 2 atom stereocenters. The maximum absolute atomic E-state index is 11.9. The van der Waals surface area contributed by atoms with Crippen molar-refractivity contribution in [3.05, 3.63) is 0 Å². The quantitative estimate of drug-likeness (QED) is 0.763. The van der Waals surface area contributed by atoms with Gasteiger partial charge in [0.2, 0.25) is 0 Å². The molecule has 0 saturated carbocycles. The number of carboxylic acids is 1. The first-order chi connectivity index (χ1) is 8.30. The molecule has 0 spiro atoms. The molecule has 0 aromatic rings. The zero-order valence-electron chi connectivity index (χ0n) is 11.1. The molecule has 104 valence electrons. The second kappa shape index (κ2) is 6.15. The fourth-order valence-corrected chi connectivity index (χ4v) is 1.65. The summed E-state index contributed by atoms with van der Waals surface area (Å²) in [6, 6.07) is -0.437. The summed E-state index contributed by atoms with van der Waals surface area (Å²) >= 11 is 0. The second-order valence-electron chi connectivity index (χ2n) is 5.46. The Bertz CT molecular complexity index is 304. The van der Waals surface area contributed by atoms with Crippen LogP contribution < -0.4 is 5.32 Å². The van der Waals surface area contributed by atoms with Crippen molar-refractivity contribution in [2.75, 3.05) is 19.8 Å². The number of aliphatic carboxylic acids is 1. The summed E-state index contributed by atoms with van der Waals surface area (Å²) in [5.41, 5.74) is -0.330. The molecule has 0 bridgehead atoms. The highest BCUT2D eigenvalue weighted by Crippen LogP contribution is 2.22. The van der Waals surface area contributed by atoms with E-state index in [1.165, 1.54) is 0 Å². The lowest BCUT2D eigenvalue weighted by Gasteiger charge is -2.32. The molecule has 1 aliphatic heterocycles. The zero-order valence-corrected chi connectivity index (χ0v) is 11.1. The number of carbonyl (C=O) groups excluding carboxylic acids is 1. The van der Waals surface area contributed by atoms with E-state index < -0.39 is 18.1 Å². The molecule has 0 aliphatic carbocycles. The molecule has 0 aromatic heterocycles. The number of nitrogens with one attached hydrogen (secondary N) is 1. The van der Waals surface area contributed by atoms with E-state index in [4.69, 9.17) is 14.6 Å². The third kappa shape index (κ3) is 4.62. The average molecular weight is 259 g/mol. The minimum Gasteiger partial charge on any atom is -0.481 e. The van der Waals surface area contributed by atoms with Gasteiger partial charge in [-0.1, -0.05) is 20.8 Å². The van der Waals surface area contributed by atoms with Crippen molar-refractivity contribution >= 4 is 11.9 Å². The largest absolute Gasteiger partial charge is 0.481 e. The molecule has 1 amide bonds. The first kappa shape index (κ1) is 14.9. The summed E-state index contributed by atoms with van der Waals surface area (Å²) < 4.78 is 10.4. The Labute approximate surface area is 107 Å². The Morgan fingerprint density at radius 1 is 1.39 bits per heavy atom. The van der Waals surface area contributed by atoms with Gasteiger partial charge in [-0.05, 0) is 5.41 Å². The summed E-state index contributed by atoms with van der Waals surface area (Å²) in [4.78, 5) is 22.7. The van der Waals surface area contributed by atoms with Crippen molar-refractivity contribution in [2.24, 2.45) is 5.41 Å². The molecule has 0 radical (unpaired) electrons. The maximum Gasteiger partial charge on any atom is 0.305 e. The third-order valence-corrected chi connectivity index (χ3v) is 2.85. The number of ether oxygens (including phenoxy) is 2. The predicted octanol–water partition coefficient (Wildman–Crippen LogP) is 0.407. The van der Waals surface area contributed by atoms with Crippen molar-refractivity contribution in [1.82, 2.24) is 5.32 Å². The van der Waals surface area contributed by atoms with Gasteiger partial charge in [0.15, 0.2) is 6.10 Å². The van der Waals surface area contributed by atoms with Crippen LogP contribution in [-0.2, 0) is 19.1 Å². The number of hydrogen-bond donors (Lipinski definition) is 2. The van der Waals surface area contributed by atoms with E-state index in [2.05, 4.69) is 5.32 Å². The molecule has 1 aliphatic rings. The molecule has 2 unspecified atom stereocenters. The molecule has 18 heavy (non-hydrogen) atoms. The number of amides is 1. The fraction of sp³-hybridized carbons (Fsp3) is 0.833. The second-order valence-corrected chi connectivity index (χ2v) is 5.46. The van der Waals surface area contributed by atoms with Crippen LogP contribution in [0, 0.1) is 5.41 Å². The van der Waals surface area contributed by atoms with Gasteiger partial charge >= 0.3 is 5.97 Å². The fourth-order valence-electron chi connectivity index (χ4n) is 1.65. The summed E-state index contributed by atoms with van der Waals surface area (Å²) in [5, 5.41) is 11.6. The first-order valence-electron chi connectivity index (χ1n) is 6.02. The van der Waals surface area contributed by atoms with Crippen molar-refractivity contribution < 1.29 is 24.2 Å². The Morgan fingerprint density at radius 2 is 2.06 bits per heavy atom. The van der Waals surface area contributed by atoms with Gasteiger partial charge < -0.3 is 19.9 Å². The lowest BCUT2D eigenvalue weighted by atomic mass is 9.84. The number of carbonyl (C=O) groups is 2. The van der Waals surface area contributed by atoms with E-state index in [1.54, 1.807) is 0 Å². The van der Waals surface area contributed by atoms with E-state index in [0.717, 1.165) is 0 Å². The van der Waals surface area contributed by atoms with E-state index in [9.17, 15) is 9.59 Å². The molecule has 0 aromatic carbocycles. The Balaban J connectivity index is 2.59. The Morgan fingerprint density at radius 3 is 2.50 bits per heavy atom. The van der Waals surface area contributed by atoms with Gasteiger partial charge in [0.1, 0.15) is 0 Å². The number of rotatable bonds is 4. The maximum atomic E-state index is 11.9. The van der Waals surface area contributed by atoms with Crippen LogP contribution in [0.3, 0.4) is 0 Å². The van der Waals surface area contributed by atoms with Crippen molar-refractivity contribution in [1.29, 1.82) is 0 Å². The predicted molar refractivity (Wildman–Crippen MR) is 64.2 cm³/mol. The summed E-state index contributed by atoms with van der Waals surface area (Å²) in [7, 11) is 0. The van der Waals surface area contributed by atoms with Crippen molar-refractivity contribution in [2.45, 2.75) is 39.3 Å². The molecule has 1 rings (SSSR count). The molecular weight excluding hydrogens is 238 g/mol. The zero-order chi connectivity index (χ0) is 13.8. The molecule has 1 saturated heterocycles. The molecule has 1 fully saturated rings. The number of hydrogen-bond acceptors (Lipinski definition) is 4. The van der Waals surface area contributed by atoms with Crippen molar-refractivity contribution in [3.63, 3.8) is 0 Å². The molecule has 6 nitrogen and oxygen atoms in total. The van der Waals surface area contributed by atoms with Crippen molar-refractivity contribution in [3.8, 4) is 0 Å². The topological polar surface area (TPSA) is 84.9 Å². The summed E-state index contributed by atoms with van der Waals surface area (Å²) in [6.07, 6.45) is -0.750. The smallest absolute Gasteiger partial charge is 0.305 e. The van der Waals surface area contributed by atoms with E-state index in [0.29, 0.717) is 13.2 Å². The lowest BCUT2D eigenvalue weighted by molar-refractivity contribution is -0.149. The monoisotopic (exact) mass is 259 g/mol. The van der Waals surface area contributed by atoms with Gasteiger partial charge in [-0.2, -0.15) is 0 Å². The standard InChI is InChI=1S/C12H21NO5/c1-12(2,3)9(6-10(14)15)13-11(16)8-7-17-4-5-18-8/h8-9H,4-7H2,1-3H3,(H,13,16)(H,14,15). The van der Waals surface area contributed by atoms with Gasteiger partial charge in [0.25, 0.3) is 5.91 Å². The van der Waals surface area contributed by atoms with Crippen LogP contribution in [-0.4, -0.2) is 48.9 Å². The van der Waals surface area contributed by atoms with Crippen LogP contribution in [0.1, 0.15) is 27.2 Å². The van der Waals surface area contributed by atoms with Crippen LogP contribution >= 0.6 is 0 Å². The Kier molecular flexibility index (Phi) is 5.10. The van der Waals surface area contributed by atoms with Crippen LogP contribution in [0.2, 0.25) is 0 Å². The minimum absolute atomic E-state index is 0.108. The minimum atomic E-state index is -0.934. The normalized spacial score (nSPS) is 22.3. The highest BCUT2D eigenvalue weighted by molar-refractivity contribution is 5.82. The van der Waals surface area contributed by atoms with Gasteiger partial charge in [-0.15, -0.1) is 0 Å². The van der Waals surface area contributed by atoms with E-state index >= 15 is 0 Å². The number of carboxylic acid groups (broad SMARTS) is 1. The third-order valence-electron chi connectivity index (χ3n) is 2.85. The van der Waals surface area contributed by atoms with Gasteiger partial charge in [-0.3, -0.25) is 9.59 Å². The summed E-state index contributed by atoms with van der Waals surface area (Å²) in [5.74, 6) is -1.24. The van der Waals surface area contributed by atoms with Gasteiger partial charge in [0.05, 0.1) is 26.2 Å². The molecule has 6 heteroatoms. The van der Waals surface area contributed by atoms with Crippen LogP contribution in [0.25, 0.3) is 0 Å². The van der Waals surface area contributed by atoms with E-state index in [-0.39, 0.29) is 24.3 Å².